The Morgan fingerprint density at radius 1 is 1.35 bits per heavy atom. The van der Waals surface area contributed by atoms with Crippen molar-refractivity contribution in [2.45, 2.75) is 38.5 Å². The van der Waals surface area contributed by atoms with E-state index in [1.807, 2.05) is 12.2 Å². The van der Waals surface area contributed by atoms with Crippen molar-refractivity contribution in [3.63, 3.8) is 0 Å². The molecule has 0 bridgehead atoms. The summed E-state index contributed by atoms with van der Waals surface area (Å²) in [5.74, 6) is 0.0874. The number of ether oxygens (including phenoxy) is 1. The maximum atomic E-state index is 11.3. The molecule has 0 amide bonds. The number of allylic oxidation sites excluding steroid dienone is 4. The van der Waals surface area contributed by atoms with E-state index in [1.165, 1.54) is 7.11 Å². The first-order valence-electron chi connectivity index (χ1n) is 5.81. The van der Waals surface area contributed by atoms with E-state index in [2.05, 4.69) is 4.74 Å². The zero-order chi connectivity index (χ0) is 12.7. The minimum atomic E-state index is -0.221. The van der Waals surface area contributed by atoms with Gasteiger partial charge in [-0.1, -0.05) is 12.2 Å². The predicted octanol–water partition coefficient (Wildman–Crippen LogP) is 2.45. The average Bonchev–Trinajstić information content (AvgIpc) is 2.64. The third-order valence-corrected chi connectivity index (χ3v) is 2.74. The van der Waals surface area contributed by atoms with E-state index in [-0.39, 0.29) is 17.5 Å². The fourth-order valence-electron chi connectivity index (χ4n) is 1.74. The van der Waals surface area contributed by atoms with E-state index in [0.717, 1.165) is 0 Å². The normalized spacial score (nSPS) is 15.9. The molecule has 0 aliphatic heterocycles. The molecule has 1 aliphatic rings. The van der Waals surface area contributed by atoms with Gasteiger partial charge in [0.15, 0.2) is 5.78 Å². The summed E-state index contributed by atoms with van der Waals surface area (Å²) in [5, 5.41) is 9.44. The van der Waals surface area contributed by atoms with Crippen LogP contribution in [0.2, 0.25) is 0 Å². The number of methoxy groups -OCH3 is 1. The van der Waals surface area contributed by atoms with Crippen LogP contribution < -0.4 is 0 Å². The van der Waals surface area contributed by atoms with Crippen LogP contribution in [-0.2, 0) is 14.3 Å². The van der Waals surface area contributed by atoms with Gasteiger partial charge in [-0.25, -0.2) is 0 Å². The van der Waals surface area contributed by atoms with Gasteiger partial charge < -0.3 is 9.84 Å². The van der Waals surface area contributed by atoms with Gasteiger partial charge in [-0.15, -0.1) is 0 Å². The molecule has 0 saturated carbocycles. The molecule has 0 aromatic rings. The molecule has 0 unspecified atom stereocenters. The van der Waals surface area contributed by atoms with Gasteiger partial charge in [-0.3, -0.25) is 9.59 Å². The number of carbonyl (C=O) groups is 2. The Bertz CT molecular complexity index is 352. The molecule has 0 spiro atoms. The van der Waals surface area contributed by atoms with Gasteiger partial charge in [0.05, 0.1) is 12.9 Å². The van der Waals surface area contributed by atoms with Crippen LogP contribution >= 0.6 is 0 Å². The fourth-order valence-corrected chi connectivity index (χ4v) is 1.74. The number of aliphatic hydroxyl groups excluding tert-OH is 1. The van der Waals surface area contributed by atoms with Crippen LogP contribution in [0.15, 0.2) is 23.5 Å². The highest BCUT2D eigenvalue weighted by molar-refractivity contribution is 5.98. The van der Waals surface area contributed by atoms with Crippen molar-refractivity contribution in [3.8, 4) is 0 Å². The first kappa shape index (κ1) is 13.5. The van der Waals surface area contributed by atoms with Gasteiger partial charge in [0.2, 0.25) is 0 Å². The molecule has 0 aromatic heterocycles. The summed E-state index contributed by atoms with van der Waals surface area (Å²) < 4.78 is 4.51. The number of Topliss-reactive ketones (excluding diaryl/α,β-unsaturated/α-hetero) is 1. The lowest BCUT2D eigenvalue weighted by atomic mass is 10.1. The molecule has 17 heavy (non-hydrogen) atoms. The van der Waals surface area contributed by atoms with Crippen LogP contribution in [0.25, 0.3) is 0 Å². The molecular weight excluding hydrogens is 220 g/mol. The van der Waals surface area contributed by atoms with E-state index < -0.39 is 0 Å². The monoisotopic (exact) mass is 238 g/mol. The van der Waals surface area contributed by atoms with Crippen LogP contribution in [-0.4, -0.2) is 24.0 Å². The number of hydrogen-bond donors (Lipinski definition) is 1. The second-order valence-electron chi connectivity index (χ2n) is 3.97. The topological polar surface area (TPSA) is 63.6 Å². The molecule has 94 valence electrons. The van der Waals surface area contributed by atoms with Crippen molar-refractivity contribution in [2.75, 3.05) is 7.11 Å². The molecular formula is C13H18O4. The minimum absolute atomic E-state index is 0.0606. The van der Waals surface area contributed by atoms with Crippen molar-refractivity contribution in [1.82, 2.24) is 0 Å². The van der Waals surface area contributed by atoms with E-state index in [9.17, 15) is 14.7 Å². The second-order valence-corrected chi connectivity index (χ2v) is 3.97. The molecule has 0 atom stereocenters. The summed E-state index contributed by atoms with van der Waals surface area (Å²) >= 11 is 0. The Labute approximate surface area is 101 Å². The van der Waals surface area contributed by atoms with Gasteiger partial charge in [0.1, 0.15) is 0 Å². The van der Waals surface area contributed by atoms with Crippen molar-refractivity contribution in [2.24, 2.45) is 0 Å². The lowest BCUT2D eigenvalue weighted by Crippen LogP contribution is -1.98. The molecule has 0 saturated heterocycles. The molecule has 1 N–H and O–H groups in total. The molecule has 4 nitrogen and oxygen atoms in total. The molecule has 1 rings (SSSR count). The lowest BCUT2D eigenvalue weighted by Gasteiger charge is -1.98. The maximum absolute atomic E-state index is 11.3. The molecule has 0 aromatic carbocycles. The second kappa shape index (κ2) is 6.89. The summed E-state index contributed by atoms with van der Waals surface area (Å²) in [6.45, 7) is 0. The number of rotatable bonds is 6. The van der Waals surface area contributed by atoms with Gasteiger partial charge in [-0.05, 0) is 19.3 Å². The highest BCUT2D eigenvalue weighted by Crippen LogP contribution is 2.24. The van der Waals surface area contributed by atoms with Crippen LogP contribution in [0, 0.1) is 0 Å². The molecule has 0 radical (unpaired) electrons. The molecule has 0 heterocycles. The summed E-state index contributed by atoms with van der Waals surface area (Å²) in [6.07, 6.45) is 7.06. The zero-order valence-electron chi connectivity index (χ0n) is 10.1. The van der Waals surface area contributed by atoms with Gasteiger partial charge in [0, 0.05) is 24.8 Å². The maximum Gasteiger partial charge on any atom is 0.305 e. The van der Waals surface area contributed by atoms with Gasteiger partial charge in [-0.2, -0.15) is 0 Å². The summed E-state index contributed by atoms with van der Waals surface area (Å²) in [5.41, 5.74) is 0.572. The lowest BCUT2D eigenvalue weighted by molar-refractivity contribution is -0.140. The summed E-state index contributed by atoms with van der Waals surface area (Å²) in [6, 6.07) is 0. The summed E-state index contributed by atoms with van der Waals surface area (Å²) in [7, 11) is 1.37. The van der Waals surface area contributed by atoms with Crippen LogP contribution in [0.1, 0.15) is 38.5 Å². The highest BCUT2D eigenvalue weighted by atomic mass is 16.5. The Balaban J connectivity index is 2.20. The molecule has 0 fully saturated rings. The van der Waals surface area contributed by atoms with Gasteiger partial charge in [0.25, 0.3) is 0 Å². The Morgan fingerprint density at radius 3 is 2.65 bits per heavy atom. The first-order valence-corrected chi connectivity index (χ1v) is 5.81. The Hall–Kier alpha value is -1.58. The number of ketones is 1. The predicted molar refractivity (Wildman–Crippen MR) is 63.5 cm³/mol. The van der Waals surface area contributed by atoms with Crippen molar-refractivity contribution < 1.29 is 19.4 Å². The van der Waals surface area contributed by atoms with E-state index in [1.54, 1.807) is 0 Å². The van der Waals surface area contributed by atoms with Crippen molar-refractivity contribution >= 4 is 11.8 Å². The number of carbonyl (C=O) groups excluding carboxylic acids is 2. The highest BCUT2D eigenvalue weighted by Gasteiger charge is 2.21. The van der Waals surface area contributed by atoms with Crippen molar-refractivity contribution in [3.05, 3.63) is 23.5 Å². The number of aliphatic hydroxyl groups is 1. The molecule has 4 heteroatoms. The van der Waals surface area contributed by atoms with Crippen molar-refractivity contribution in [1.29, 1.82) is 0 Å². The number of hydrogen-bond acceptors (Lipinski definition) is 4. The van der Waals surface area contributed by atoms with E-state index in [4.69, 9.17) is 0 Å². The zero-order valence-corrected chi connectivity index (χ0v) is 10.1. The molecule has 1 aliphatic carbocycles. The Kier molecular flexibility index (Phi) is 5.46. The standard InChI is InChI=1S/C13H18O4/c1-17-13(16)7-5-3-2-4-6-10-11(14)8-9-12(10)15/h2-3,14H,4-9H2,1H3. The smallest absolute Gasteiger partial charge is 0.305 e. The van der Waals surface area contributed by atoms with E-state index in [0.29, 0.717) is 44.1 Å². The minimum Gasteiger partial charge on any atom is -0.512 e. The largest absolute Gasteiger partial charge is 0.512 e. The fraction of sp³-hybridized carbons (Fsp3) is 0.538. The van der Waals surface area contributed by atoms with Gasteiger partial charge >= 0.3 is 5.97 Å². The summed E-state index contributed by atoms with van der Waals surface area (Å²) in [4.78, 5) is 22.1. The quantitative estimate of drug-likeness (QED) is 0.570. The van der Waals surface area contributed by atoms with Crippen LogP contribution in [0.3, 0.4) is 0 Å². The number of esters is 1. The SMILES string of the molecule is COC(=O)CCC=CCCC1=C(O)CCC1=O. The first-order chi connectivity index (χ1) is 8.15. The van der Waals surface area contributed by atoms with E-state index >= 15 is 0 Å². The third-order valence-electron chi connectivity index (χ3n) is 2.74. The average molecular weight is 238 g/mol. The van der Waals surface area contributed by atoms with Crippen LogP contribution in [0.5, 0.6) is 0 Å². The van der Waals surface area contributed by atoms with Crippen LogP contribution in [0.4, 0.5) is 0 Å². The third kappa shape index (κ3) is 4.43. The Morgan fingerprint density at radius 2 is 2.06 bits per heavy atom.